The number of nitrogens with zero attached hydrogens (tertiary/aromatic N) is 2. The molecular weight excluding hydrogens is 370 g/mol. The van der Waals surface area contributed by atoms with Crippen LogP contribution in [0, 0.1) is 11.3 Å². The number of benzene rings is 2. The van der Waals surface area contributed by atoms with Gasteiger partial charge in [-0.2, -0.15) is 5.26 Å². The van der Waals surface area contributed by atoms with Crippen molar-refractivity contribution in [2.45, 2.75) is 0 Å². The van der Waals surface area contributed by atoms with Crippen molar-refractivity contribution in [3.05, 3.63) is 58.6 Å². The summed E-state index contributed by atoms with van der Waals surface area (Å²) >= 11 is 6.09. The summed E-state index contributed by atoms with van der Waals surface area (Å²) in [5, 5.41) is 10.3. The maximum Gasteiger partial charge on any atom is 0.282 e. The number of amides is 2. The summed E-state index contributed by atoms with van der Waals surface area (Å²) < 4.78 is 10.6. The van der Waals surface area contributed by atoms with Crippen LogP contribution in [0.15, 0.2) is 48.0 Å². The quantitative estimate of drug-likeness (QED) is 0.633. The largest absolute Gasteiger partial charge is 0.493 e. The molecule has 0 aliphatic carbocycles. The van der Waals surface area contributed by atoms with Crippen LogP contribution < -0.4 is 19.9 Å². The number of hydrazine groups is 1. The number of nitrogens with one attached hydrogen (secondary N) is 1. The maximum atomic E-state index is 12.7. The van der Waals surface area contributed by atoms with E-state index in [1.165, 1.54) is 25.3 Å². The second-order valence-corrected chi connectivity index (χ2v) is 5.88. The normalized spacial score (nSPS) is 14.9. The van der Waals surface area contributed by atoms with Crippen molar-refractivity contribution in [2.75, 3.05) is 18.7 Å². The molecule has 1 aliphatic heterocycles. The minimum atomic E-state index is -0.561. The number of carbonyl (C=O) groups excluding carboxylic acids is 2. The summed E-state index contributed by atoms with van der Waals surface area (Å²) in [5.74, 6) is -0.574. The third kappa shape index (κ3) is 3.71. The lowest BCUT2D eigenvalue weighted by Gasteiger charge is -2.14. The van der Waals surface area contributed by atoms with Crippen molar-refractivity contribution in [3.63, 3.8) is 0 Å². The molecule has 1 N–H and O–H groups in total. The summed E-state index contributed by atoms with van der Waals surface area (Å²) in [7, 11) is 1.42. The Morgan fingerprint density at radius 2 is 2.00 bits per heavy atom. The first kappa shape index (κ1) is 18.3. The van der Waals surface area contributed by atoms with E-state index in [0.717, 1.165) is 5.01 Å². The van der Waals surface area contributed by atoms with Crippen LogP contribution in [0.3, 0.4) is 0 Å². The zero-order chi connectivity index (χ0) is 19.4. The first-order chi connectivity index (χ1) is 13.0. The van der Waals surface area contributed by atoms with Crippen LogP contribution in [-0.4, -0.2) is 25.5 Å². The Labute approximate surface area is 160 Å². The zero-order valence-corrected chi connectivity index (χ0v) is 15.0. The van der Waals surface area contributed by atoms with Crippen molar-refractivity contribution < 1.29 is 19.1 Å². The molecule has 7 nitrogen and oxygen atoms in total. The zero-order valence-electron chi connectivity index (χ0n) is 14.2. The molecule has 1 fully saturated rings. The van der Waals surface area contributed by atoms with Gasteiger partial charge in [-0.05, 0) is 24.3 Å². The van der Waals surface area contributed by atoms with Gasteiger partial charge < -0.3 is 9.47 Å². The second kappa shape index (κ2) is 7.81. The predicted octanol–water partition coefficient (Wildman–Crippen LogP) is 2.71. The number of carbonyl (C=O) groups is 2. The fourth-order valence-corrected chi connectivity index (χ4v) is 2.79. The van der Waals surface area contributed by atoms with Crippen molar-refractivity contribution in [1.82, 2.24) is 5.43 Å². The number of hydrogen-bond acceptors (Lipinski definition) is 5. The highest BCUT2D eigenvalue weighted by molar-refractivity contribution is 6.32. The summed E-state index contributed by atoms with van der Waals surface area (Å²) in [4.78, 5) is 25.0. The van der Waals surface area contributed by atoms with Gasteiger partial charge in [-0.25, -0.2) is 5.01 Å². The van der Waals surface area contributed by atoms with Crippen LogP contribution in [0.25, 0.3) is 6.08 Å². The average Bonchev–Trinajstić information content (AvgIpc) is 2.95. The first-order valence-corrected chi connectivity index (χ1v) is 8.22. The molecule has 8 heteroatoms. The second-order valence-electron chi connectivity index (χ2n) is 5.45. The lowest BCUT2D eigenvalue weighted by Crippen LogP contribution is -2.35. The van der Waals surface area contributed by atoms with E-state index in [4.69, 9.17) is 26.3 Å². The molecule has 0 atom stereocenters. The van der Waals surface area contributed by atoms with E-state index < -0.39 is 11.8 Å². The highest BCUT2D eigenvalue weighted by Crippen LogP contribution is 2.36. The van der Waals surface area contributed by atoms with E-state index in [-0.39, 0.29) is 23.7 Å². The Hall–Kier alpha value is -3.50. The van der Waals surface area contributed by atoms with Gasteiger partial charge in [0.1, 0.15) is 11.6 Å². The number of rotatable bonds is 5. The number of halogens is 1. The molecule has 3 rings (SSSR count). The van der Waals surface area contributed by atoms with Crippen LogP contribution in [-0.2, 0) is 9.59 Å². The number of para-hydroxylation sites is 1. The molecule has 1 aliphatic rings. The van der Waals surface area contributed by atoms with Crippen molar-refractivity contribution in [3.8, 4) is 17.6 Å². The number of methoxy groups -OCH3 is 1. The highest BCUT2D eigenvalue weighted by Gasteiger charge is 2.34. The van der Waals surface area contributed by atoms with Crippen LogP contribution in [0.5, 0.6) is 11.5 Å². The Kier molecular flexibility index (Phi) is 5.29. The molecule has 2 amide bonds. The third-order valence-corrected chi connectivity index (χ3v) is 3.97. The van der Waals surface area contributed by atoms with Crippen LogP contribution in [0.2, 0.25) is 5.02 Å². The number of anilines is 1. The van der Waals surface area contributed by atoms with E-state index in [1.54, 1.807) is 30.3 Å². The van der Waals surface area contributed by atoms with Gasteiger partial charge in [-0.15, -0.1) is 0 Å². The molecule has 2 aromatic rings. The smallest absolute Gasteiger partial charge is 0.282 e. The summed E-state index contributed by atoms with van der Waals surface area (Å²) in [5.41, 5.74) is 3.30. The molecule has 136 valence electrons. The van der Waals surface area contributed by atoms with Gasteiger partial charge in [0.15, 0.2) is 18.1 Å². The molecule has 1 heterocycles. The third-order valence-electron chi connectivity index (χ3n) is 3.76. The molecule has 0 aromatic heterocycles. The van der Waals surface area contributed by atoms with Gasteiger partial charge in [0.05, 0.1) is 12.8 Å². The number of nitriles is 1. The van der Waals surface area contributed by atoms with Gasteiger partial charge in [-0.3, -0.25) is 15.0 Å². The fourth-order valence-electron chi connectivity index (χ4n) is 2.58. The van der Waals surface area contributed by atoms with Crippen molar-refractivity contribution in [2.24, 2.45) is 0 Å². The molecule has 0 spiro atoms. The van der Waals surface area contributed by atoms with E-state index in [9.17, 15) is 9.59 Å². The Morgan fingerprint density at radius 3 is 2.67 bits per heavy atom. The van der Waals surface area contributed by atoms with Gasteiger partial charge in [-0.1, -0.05) is 29.8 Å². The van der Waals surface area contributed by atoms with Gasteiger partial charge in [0.2, 0.25) is 0 Å². The van der Waals surface area contributed by atoms with E-state index in [2.05, 4.69) is 5.43 Å². The molecule has 1 saturated heterocycles. The highest BCUT2D eigenvalue weighted by atomic mass is 35.5. The van der Waals surface area contributed by atoms with Crippen molar-refractivity contribution >= 4 is 35.2 Å². The Bertz CT molecular complexity index is 967. The minimum Gasteiger partial charge on any atom is -0.493 e. The predicted molar refractivity (Wildman–Crippen MR) is 99.2 cm³/mol. The topological polar surface area (TPSA) is 91.7 Å². The Morgan fingerprint density at radius 1 is 1.26 bits per heavy atom. The molecule has 2 aromatic carbocycles. The number of hydrogen-bond donors (Lipinski definition) is 1. The Balaban J connectivity index is 2.03. The molecule has 0 unspecified atom stereocenters. The standard InChI is InChI=1S/C19H14ClN3O4/c1-26-16-11-13(20)9-12(17(16)27-8-7-21)10-15-18(24)22-23(19(15)25)14-5-3-2-4-6-14/h2-6,9-11H,8H2,1H3,(H,22,24). The molecular formula is C19H14ClN3O4. The van der Waals surface area contributed by atoms with E-state index >= 15 is 0 Å². The maximum absolute atomic E-state index is 12.7. The summed E-state index contributed by atoms with van der Waals surface area (Å²) in [6.45, 7) is -0.232. The van der Waals surface area contributed by atoms with Gasteiger partial charge in [0.25, 0.3) is 11.8 Å². The van der Waals surface area contributed by atoms with Crippen molar-refractivity contribution in [1.29, 1.82) is 5.26 Å². The van der Waals surface area contributed by atoms with E-state index in [0.29, 0.717) is 16.3 Å². The lowest BCUT2D eigenvalue weighted by molar-refractivity contribution is -0.117. The monoisotopic (exact) mass is 383 g/mol. The van der Waals surface area contributed by atoms with Crippen LogP contribution in [0.4, 0.5) is 5.69 Å². The average molecular weight is 384 g/mol. The van der Waals surface area contributed by atoms with Crippen LogP contribution >= 0.6 is 11.6 Å². The molecule has 0 bridgehead atoms. The SMILES string of the molecule is COc1cc(Cl)cc(C=C2C(=O)NN(c3ccccc3)C2=O)c1OCC#N. The first-order valence-electron chi connectivity index (χ1n) is 7.84. The fraction of sp³-hybridized carbons (Fsp3) is 0.105. The minimum absolute atomic E-state index is 0.0926. The lowest BCUT2D eigenvalue weighted by atomic mass is 10.1. The molecule has 0 saturated carbocycles. The molecule has 27 heavy (non-hydrogen) atoms. The summed E-state index contributed by atoms with van der Waals surface area (Å²) in [6, 6.07) is 13.6. The molecule has 0 radical (unpaired) electrons. The number of ether oxygens (including phenoxy) is 2. The van der Waals surface area contributed by atoms with Gasteiger partial charge in [0, 0.05) is 16.7 Å². The van der Waals surface area contributed by atoms with Crippen LogP contribution in [0.1, 0.15) is 5.56 Å². The summed E-state index contributed by atoms with van der Waals surface area (Å²) in [6.07, 6.45) is 1.36. The van der Waals surface area contributed by atoms with E-state index in [1.807, 2.05) is 6.07 Å². The van der Waals surface area contributed by atoms with Gasteiger partial charge >= 0.3 is 0 Å².